The molecule has 2 aromatic rings. The molecule has 0 aliphatic carbocycles. The standard InChI is InChI=1S/C19H16N2O3S/c1-11-3-8-15(9-12(11)2)20-19-21-17(22)16(25-19)10-13-4-6-14(7-5-13)18(23)24/h3-10H,1-2H3,(H,23,24)(H,20,21,22)/p-1/b16-10-. The van der Waals surface area contributed by atoms with Gasteiger partial charge in [-0.15, -0.1) is 0 Å². The minimum absolute atomic E-state index is 0.0997. The van der Waals surface area contributed by atoms with E-state index in [0.717, 1.165) is 16.8 Å². The lowest BCUT2D eigenvalue weighted by atomic mass is 10.1. The molecule has 1 aliphatic heterocycles. The topological polar surface area (TPSA) is 81.6 Å². The first-order chi connectivity index (χ1) is 11.9. The molecular formula is C19H15N2O3S-. The van der Waals surface area contributed by atoms with Gasteiger partial charge < -0.3 is 15.2 Å². The van der Waals surface area contributed by atoms with Gasteiger partial charge in [-0.25, -0.2) is 4.99 Å². The lowest BCUT2D eigenvalue weighted by molar-refractivity contribution is -0.255. The maximum atomic E-state index is 12.1. The molecule has 0 radical (unpaired) electrons. The molecule has 1 heterocycles. The predicted molar refractivity (Wildman–Crippen MR) is 97.5 cm³/mol. The fourth-order valence-corrected chi connectivity index (χ4v) is 3.10. The molecule has 25 heavy (non-hydrogen) atoms. The highest BCUT2D eigenvalue weighted by Gasteiger charge is 2.23. The van der Waals surface area contributed by atoms with Crippen LogP contribution in [0.2, 0.25) is 0 Å². The number of nitrogens with one attached hydrogen (secondary N) is 1. The smallest absolute Gasteiger partial charge is 0.264 e. The van der Waals surface area contributed by atoms with Crippen LogP contribution in [0.3, 0.4) is 0 Å². The van der Waals surface area contributed by atoms with Gasteiger partial charge in [0, 0.05) is 0 Å². The van der Waals surface area contributed by atoms with Gasteiger partial charge >= 0.3 is 0 Å². The van der Waals surface area contributed by atoms with Crippen LogP contribution in [0.15, 0.2) is 52.4 Å². The van der Waals surface area contributed by atoms with Crippen LogP contribution in [0.1, 0.15) is 27.0 Å². The van der Waals surface area contributed by atoms with Crippen LogP contribution < -0.4 is 10.4 Å². The molecule has 6 heteroatoms. The van der Waals surface area contributed by atoms with Crippen LogP contribution in [0.4, 0.5) is 5.69 Å². The Hall–Kier alpha value is -2.86. The number of aliphatic imine (C=N–C) groups is 1. The van der Waals surface area contributed by atoms with Crippen molar-refractivity contribution in [3.63, 3.8) is 0 Å². The fraction of sp³-hybridized carbons (Fsp3) is 0.105. The Morgan fingerprint density at radius 1 is 1.12 bits per heavy atom. The van der Waals surface area contributed by atoms with Gasteiger partial charge in [-0.2, -0.15) is 0 Å². The van der Waals surface area contributed by atoms with Gasteiger partial charge in [0.15, 0.2) is 5.17 Å². The number of nitrogens with zero attached hydrogens (tertiary/aromatic N) is 1. The molecule has 0 aromatic heterocycles. The second kappa shape index (κ2) is 6.94. The second-order valence-corrected chi connectivity index (χ2v) is 6.69. The van der Waals surface area contributed by atoms with Gasteiger partial charge in [0.2, 0.25) is 0 Å². The van der Waals surface area contributed by atoms with E-state index in [0.29, 0.717) is 10.1 Å². The van der Waals surface area contributed by atoms with Crippen molar-refractivity contribution >= 4 is 40.6 Å². The van der Waals surface area contributed by atoms with Crippen LogP contribution in [-0.4, -0.2) is 17.0 Å². The van der Waals surface area contributed by atoms with Crippen molar-refractivity contribution < 1.29 is 14.7 Å². The molecule has 2 aromatic carbocycles. The minimum Gasteiger partial charge on any atom is -0.545 e. The molecule has 0 spiro atoms. The number of carbonyl (C=O) groups is 2. The third-order valence-corrected chi connectivity index (χ3v) is 4.73. The monoisotopic (exact) mass is 351 g/mol. The van der Waals surface area contributed by atoms with Crippen molar-refractivity contribution in [2.45, 2.75) is 13.8 Å². The maximum absolute atomic E-state index is 12.1. The maximum Gasteiger partial charge on any atom is 0.264 e. The first-order valence-electron chi connectivity index (χ1n) is 7.60. The number of amidine groups is 1. The largest absolute Gasteiger partial charge is 0.545 e. The van der Waals surface area contributed by atoms with Crippen LogP contribution >= 0.6 is 11.8 Å². The number of aromatic carboxylic acids is 1. The number of thioether (sulfide) groups is 1. The number of hydrogen-bond donors (Lipinski definition) is 1. The van der Waals surface area contributed by atoms with Crippen molar-refractivity contribution in [1.29, 1.82) is 0 Å². The van der Waals surface area contributed by atoms with Crippen LogP contribution in [-0.2, 0) is 4.79 Å². The highest BCUT2D eigenvalue weighted by atomic mass is 32.2. The van der Waals surface area contributed by atoms with Crippen molar-refractivity contribution in [2.24, 2.45) is 4.99 Å². The number of benzene rings is 2. The Kier molecular flexibility index (Phi) is 4.72. The van der Waals surface area contributed by atoms with Gasteiger partial charge in [-0.1, -0.05) is 30.3 Å². The SMILES string of the molecule is Cc1ccc(N=C2NC(=O)/C(=C/c3ccc(C(=O)[O-])cc3)S2)cc1C. The second-order valence-electron chi connectivity index (χ2n) is 5.66. The van der Waals surface area contributed by atoms with Gasteiger partial charge in [0.1, 0.15) is 0 Å². The Balaban J connectivity index is 1.80. The molecule has 3 rings (SSSR count). The quantitative estimate of drug-likeness (QED) is 0.862. The molecule has 0 bridgehead atoms. The molecule has 0 atom stereocenters. The first-order valence-corrected chi connectivity index (χ1v) is 8.42. The minimum atomic E-state index is -1.23. The zero-order valence-corrected chi connectivity index (χ0v) is 14.5. The van der Waals surface area contributed by atoms with E-state index < -0.39 is 5.97 Å². The third kappa shape index (κ3) is 3.97. The van der Waals surface area contributed by atoms with Gasteiger partial charge in [0.05, 0.1) is 16.6 Å². The summed E-state index contributed by atoms with van der Waals surface area (Å²) >= 11 is 1.25. The zero-order valence-electron chi connectivity index (χ0n) is 13.7. The number of amides is 1. The van der Waals surface area contributed by atoms with E-state index in [-0.39, 0.29) is 11.5 Å². The van der Waals surface area contributed by atoms with Crippen molar-refractivity contribution in [2.75, 3.05) is 0 Å². The molecule has 0 unspecified atom stereocenters. The first kappa shape index (κ1) is 17.0. The van der Waals surface area contributed by atoms with E-state index in [4.69, 9.17) is 0 Å². The third-order valence-electron chi connectivity index (χ3n) is 3.82. The summed E-state index contributed by atoms with van der Waals surface area (Å²) in [6.45, 7) is 4.05. The van der Waals surface area contributed by atoms with E-state index in [1.165, 1.54) is 29.5 Å². The number of rotatable bonds is 3. The van der Waals surface area contributed by atoms with E-state index in [1.807, 2.05) is 32.0 Å². The summed E-state index contributed by atoms with van der Waals surface area (Å²) < 4.78 is 0. The summed E-state index contributed by atoms with van der Waals surface area (Å²) in [6.07, 6.45) is 1.70. The van der Waals surface area contributed by atoms with E-state index >= 15 is 0 Å². The molecule has 1 amide bonds. The number of carbonyl (C=O) groups excluding carboxylic acids is 2. The average molecular weight is 351 g/mol. The van der Waals surface area contributed by atoms with Crippen molar-refractivity contribution in [3.8, 4) is 0 Å². The molecular weight excluding hydrogens is 336 g/mol. The van der Waals surface area contributed by atoms with Crippen molar-refractivity contribution in [3.05, 3.63) is 69.6 Å². The Morgan fingerprint density at radius 2 is 1.84 bits per heavy atom. The average Bonchev–Trinajstić information content (AvgIpc) is 2.91. The zero-order chi connectivity index (χ0) is 18.0. The normalized spacial score (nSPS) is 17.1. The molecule has 1 aliphatic rings. The van der Waals surface area contributed by atoms with Crippen LogP contribution in [0, 0.1) is 13.8 Å². The lowest BCUT2D eigenvalue weighted by Gasteiger charge is -2.02. The lowest BCUT2D eigenvalue weighted by Crippen LogP contribution is -2.21. The highest BCUT2D eigenvalue weighted by molar-refractivity contribution is 8.18. The summed E-state index contributed by atoms with van der Waals surface area (Å²) in [7, 11) is 0. The van der Waals surface area contributed by atoms with Crippen LogP contribution in [0.5, 0.6) is 0 Å². The summed E-state index contributed by atoms with van der Waals surface area (Å²) in [4.78, 5) is 27.8. The Morgan fingerprint density at radius 3 is 2.48 bits per heavy atom. The number of carboxylic acids is 1. The summed E-state index contributed by atoms with van der Waals surface area (Å²) in [5, 5.41) is 14.0. The molecule has 1 saturated heterocycles. The van der Waals surface area contributed by atoms with E-state index in [9.17, 15) is 14.7 Å². The predicted octanol–water partition coefficient (Wildman–Crippen LogP) is 2.56. The molecule has 5 nitrogen and oxygen atoms in total. The van der Waals surface area contributed by atoms with E-state index in [2.05, 4.69) is 10.3 Å². The number of hydrogen-bond acceptors (Lipinski definition) is 5. The van der Waals surface area contributed by atoms with Gasteiger partial charge in [-0.3, -0.25) is 4.79 Å². The highest BCUT2D eigenvalue weighted by Crippen LogP contribution is 2.28. The van der Waals surface area contributed by atoms with Crippen molar-refractivity contribution in [1.82, 2.24) is 5.32 Å². The Labute approximate surface area is 149 Å². The summed E-state index contributed by atoms with van der Waals surface area (Å²) in [6, 6.07) is 12.0. The fourth-order valence-electron chi connectivity index (χ4n) is 2.26. The molecule has 1 fully saturated rings. The molecule has 1 N–H and O–H groups in total. The van der Waals surface area contributed by atoms with Crippen LogP contribution in [0.25, 0.3) is 6.08 Å². The summed E-state index contributed by atoms with van der Waals surface area (Å²) in [5.74, 6) is -1.45. The molecule has 0 saturated carbocycles. The van der Waals surface area contributed by atoms with Gasteiger partial charge in [-0.05, 0) is 66.1 Å². The number of carboxylic acid groups (broad SMARTS) is 1. The molecule has 126 valence electrons. The summed E-state index contributed by atoms with van der Waals surface area (Å²) in [5.41, 5.74) is 3.94. The number of aryl methyl sites for hydroxylation is 2. The van der Waals surface area contributed by atoms with Gasteiger partial charge in [0.25, 0.3) is 5.91 Å². The van der Waals surface area contributed by atoms with E-state index in [1.54, 1.807) is 18.2 Å². The Bertz CT molecular complexity index is 915.